The second-order valence-corrected chi connectivity index (χ2v) is 4.69. The fraction of sp³-hybridized carbons (Fsp3) is 0.0667. The molecule has 0 radical (unpaired) electrons. The summed E-state index contributed by atoms with van der Waals surface area (Å²) in [6.07, 6.45) is 0. The Morgan fingerprint density at radius 2 is 1.74 bits per heavy atom. The van der Waals surface area contributed by atoms with Gasteiger partial charge in [-0.1, -0.05) is 28.1 Å². The van der Waals surface area contributed by atoms with Crippen LogP contribution < -0.4 is 4.74 Å². The van der Waals surface area contributed by atoms with Gasteiger partial charge < -0.3 is 4.74 Å². The summed E-state index contributed by atoms with van der Waals surface area (Å²) in [6.45, 7) is 0. The lowest BCUT2D eigenvalue weighted by molar-refractivity contribution is 0.415. The summed E-state index contributed by atoms with van der Waals surface area (Å²) < 4.78 is 6.05. The minimum atomic E-state index is 0.387. The first-order chi connectivity index (χ1) is 9.22. The zero-order valence-electron chi connectivity index (χ0n) is 10.3. The molecule has 0 unspecified atom stereocenters. The molecule has 0 aliphatic rings. The normalized spacial score (nSPS) is 10.9. The van der Waals surface area contributed by atoms with Crippen LogP contribution in [0.5, 0.6) is 5.75 Å². The molecule has 4 heteroatoms. The molecule has 0 spiro atoms. The molecule has 0 saturated heterocycles. The number of nitriles is 1. The SMILES string of the molecule is COc1ccc(N=C(C#N)c2ccc(Br)cc2)cc1. The Labute approximate surface area is 120 Å². The van der Waals surface area contributed by atoms with Crippen molar-refractivity contribution in [2.75, 3.05) is 7.11 Å². The zero-order chi connectivity index (χ0) is 13.7. The summed E-state index contributed by atoms with van der Waals surface area (Å²) in [7, 11) is 1.61. The zero-order valence-corrected chi connectivity index (χ0v) is 11.9. The molecular weight excluding hydrogens is 304 g/mol. The summed E-state index contributed by atoms with van der Waals surface area (Å²) in [6, 6.07) is 16.9. The van der Waals surface area contributed by atoms with E-state index in [1.807, 2.05) is 48.5 Å². The number of nitrogens with zero attached hydrogens (tertiary/aromatic N) is 2. The van der Waals surface area contributed by atoms with E-state index in [0.717, 1.165) is 21.5 Å². The summed E-state index contributed by atoms with van der Waals surface area (Å²) in [5, 5.41) is 9.19. The fourth-order valence-corrected chi connectivity index (χ4v) is 1.81. The Balaban J connectivity index is 2.33. The molecule has 0 heterocycles. The van der Waals surface area contributed by atoms with Gasteiger partial charge in [-0.05, 0) is 36.4 Å². The van der Waals surface area contributed by atoms with Crippen molar-refractivity contribution in [1.29, 1.82) is 5.26 Å². The van der Waals surface area contributed by atoms with Crippen molar-refractivity contribution in [3.05, 3.63) is 58.6 Å². The van der Waals surface area contributed by atoms with Gasteiger partial charge in [0.25, 0.3) is 0 Å². The van der Waals surface area contributed by atoms with E-state index < -0.39 is 0 Å². The van der Waals surface area contributed by atoms with Gasteiger partial charge in [0.15, 0.2) is 0 Å². The largest absolute Gasteiger partial charge is 0.497 e. The van der Waals surface area contributed by atoms with Crippen molar-refractivity contribution in [3.63, 3.8) is 0 Å². The Morgan fingerprint density at radius 1 is 1.11 bits per heavy atom. The minimum absolute atomic E-state index is 0.387. The fourth-order valence-electron chi connectivity index (χ4n) is 1.55. The van der Waals surface area contributed by atoms with Gasteiger partial charge in [-0.3, -0.25) is 0 Å². The molecule has 2 aromatic carbocycles. The van der Waals surface area contributed by atoms with Gasteiger partial charge in [-0.15, -0.1) is 0 Å². The topological polar surface area (TPSA) is 45.4 Å². The number of rotatable bonds is 3. The first-order valence-electron chi connectivity index (χ1n) is 5.61. The van der Waals surface area contributed by atoms with E-state index >= 15 is 0 Å². The van der Waals surface area contributed by atoms with E-state index in [0.29, 0.717) is 5.71 Å². The molecule has 0 aliphatic carbocycles. The monoisotopic (exact) mass is 314 g/mol. The highest BCUT2D eigenvalue weighted by atomic mass is 79.9. The van der Waals surface area contributed by atoms with Crippen LogP contribution in [0.2, 0.25) is 0 Å². The van der Waals surface area contributed by atoms with E-state index in [1.165, 1.54) is 0 Å². The first-order valence-corrected chi connectivity index (χ1v) is 6.41. The van der Waals surface area contributed by atoms with Gasteiger partial charge in [-0.25, -0.2) is 4.99 Å². The number of halogens is 1. The van der Waals surface area contributed by atoms with Crippen molar-refractivity contribution in [3.8, 4) is 11.8 Å². The number of hydrogen-bond donors (Lipinski definition) is 0. The molecule has 0 bridgehead atoms. The van der Waals surface area contributed by atoms with Crippen LogP contribution in [0.15, 0.2) is 58.0 Å². The highest BCUT2D eigenvalue weighted by molar-refractivity contribution is 9.10. The van der Waals surface area contributed by atoms with Crippen LogP contribution in [-0.2, 0) is 0 Å². The predicted molar refractivity (Wildman–Crippen MR) is 78.9 cm³/mol. The van der Waals surface area contributed by atoms with E-state index in [-0.39, 0.29) is 0 Å². The molecule has 94 valence electrons. The van der Waals surface area contributed by atoms with Crippen LogP contribution in [-0.4, -0.2) is 12.8 Å². The standard InChI is InChI=1S/C15H11BrN2O/c1-19-14-8-6-13(7-9-14)18-15(10-17)11-2-4-12(16)5-3-11/h2-9H,1H3. The van der Waals surface area contributed by atoms with Crippen LogP contribution in [0.25, 0.3) is 0 Å². The van der Waals surface area contributed by atoms with Crippen LogP contribution in [0.1, 0.15) is 5.56 Å². The van der Waals surface area contributed by atoms with Crippen molar-refractivity contribution in [1.82, 2.24) is 0 Å². The molecule has 19 heavy (non-hydrogen) atoms. The van der Waals surface area contributed by atoms with Crippen molar-refractivity contribution in [2.24, 2.45) is 4.99 Å². The number of methoxy groups -OCH3 is 1. The first kappa shape index (κ1) is 13.3. The van der Waals surface area contributed by atoms with E-state index in [9.17, 15) is 5.26 Å². The molecule has 2 aromatic rings. The van der Waals surface area contributed by atoms with Crippen LogP contribution >= 0.6 is 15.9 Å². The number of ether oxygens (including phenoxy) is 1. The second-order valence-electron chi connectivity index (χ2n) is 3.78. The summed E-state index contributed by atoms with van der Waals surface area (Å²) >= 11 is 3.36. The lowest BCUT2D eigenvalue weighted by atomic mass is 10.1. The molecule has 0 fully saturated rings. The molecule has 2 rings (SSSR count). The highest BCUT2D eigenvalue weighted by Gasteiger charge is 2.02. The Bertz CT molecular complexity index is 625. The van der Waals surface area contributed by atoms with Crippen molar-refractivity contribution in [2.45, 2.75) is 0 Å². The van der Waals surface area contributed by atoms with Gasteiger partial charge >= 0.3 is 0 Å². The summed E-state index contributed by atoms with van der Waals surface area (Å²) in [5.74, 6) is 0.765. The van der Waals surface area contributed by atoms with Gasteiger partial charge in [0.2, 0.25) is 0 Å². The third-order valence-corrected chi connectivity index (χ3v) is 3.07. The Morgan fingerprint density at radius 3 is 2.26 bits per heavy atom. The van der Waals surface area contributed by atoms with Gasteiger partial charge in [-0.2, -0.15) is 5.26 Å². The molecule has 0 atom stereocenters. The maximum absolute atomic E-state index is 9.19. The van der Waals surface area contributed by atoms with E-state index in [4.69, 9.17) is 4.74 Å². The molecule has 3 nitrogen and oxygen atoms in total. The molecule has 0 N–H and O–H groups in total. The average Bonchev–Trinajstić information content (AvgIpc) is 2.46. The molecule has 0 aliphatic heterocycles. The molecule has 0 aromatic heterocycles. The minimum Gasteiger partial charge on any atom is -0.497 e. The second kappa shape index (κ2) is 6.17. The number of aliphatic imine (C=N–C) groups is 1. The third-order valence-electron chi connectivity index (χ3n) is 2.54. The van der Waals surface area contributed by atoms with Crippen LogP contribution in [0.4, 0.5) is 5.69 Å². The predicted octanol–water partition coefficient (Wildman–Crippen LogP) is 4.10. The maximum atomic E-state index is 9.19. The maximum Gasteiger partial charge on any atom is 0.148 e. The lowest BCUT2D eigenvalue weighted by Crippen LogP contribution is -1.95. The van der Waals surface area contributed by atoms with Crippen molar-refractivity contribution < 1.29 is 4.74 Å². The van der Waals surface area contributed by atoms with Crippen LogP contribution in [0.3, 0.4) is 0 Å². The van der Waals surface area contributed by atoms with E-state index in [2.05, 4.69) is 27.0 Å². The Hall–Kier alpha value is -2.12. The molecule has 0 amide bonds. The van der Waals surface area contributed by atoms with Crippen molar-refractivity contribution >= 4 is 27.3 Å². The quantitative estimate of drug-likeness (QED) is 0.800. The third kappa shape index (κ3) is 3.43. The Kier molecular flexibility index (Phi) is 4.32. The van der Waals surface area contributed by atoms with Gasteiger partial charge in [0.1, 0.15) is 17.5 Å². The van der Waals surface area contributed by atoms with E-state index in [1.54, 1.807) is 7.11 Å². The lowest BCUT2D eigenvalue weighted by Gasteiger charge is -2.01. The summed E-state index contributed by atoms with van der Waals surface area (Å²) in [5.41, 5.74) is 1.90. The molecule has 0 saturated carbocycles. The number of benzene rings is 2. The highest BCUT2D eigenvalue weighted by Crippen LogP contribution is 2.19. The molecular formula is C15H11BrN2O. The number of hydrogen-bond acceptors (Lipinski definition) is 3. The summed E-state index contributed by atoms with van der Waals surface area (Å²) in [4.78, 5) is 4.34. The van der Waals surface area contributed by atoms with Gasteiger partial charge in [0, 0.05) is 10.0 Å². The van der Waals surface area contributed by atoms with Crippen LogP contribution in [0, 0.1) is 11.3 Å². The average molecular weight is 315 g/mol. The smallest absolute Gasteiger partial charge is 0.148 e. The van der Waals surface area contributed by atoms with Gasteiger partial charge in [0.05, 0.1) is 12.8 Å².